The Labute approximate surface area is 117 Å². The number of hydrogen-bond donors (Lipinski definition) is 1. The first-order valence-electron chi connectivity index (χ1n) is 5.82. The molecule has 0 aliphatic carbocycles. The van der Waals surface area contributed by atoms with Gasteiger partial charge in [0.2, 0.25) is 0 Å². The van der Waals surface area contributed by atoms with Crippen LogP contribution in [0.3, 0.4) is 0 Å². The number of hydrogen-bond acceptors (Lipinski definition) is 2. The number of halogens is 3. The van der Waals surface area contributed by atoms with Gasteiger partial charge in [-0.2, -0.15) is 13.2 Å². The number of aromatic nitrogens is 1. The summed E-state index contributed by atoms with van der Waals surface area (Å²) in [6, 6.07) is 3.77. The highest BCUT2D eigenvalue weighted by Gasteiger charge is 2.34. The maximum atomic E-state index is 12.9. The van der Waals surface area contributed by atoms with Crippen molar-refractivity contribution in [1.82, 2.24) is 4.57 Å². The molecule has 0 aliphatic rings. The lowest BCUT2D eigenvalue weighted by atomic mass is 10.1. The predicted molar refractivity (Wildman–Crippen MR) is 71.3 cm³/mol. The van der Waals surface area contributed by atoms with Gasteiger partial charge in [-0.05, 0) is 24.0 Å². The highest BCUT2D eigenvalue weighted by molar-refractivity contribution is 7.99. The molecular weight excluding hydrogens is 291 g/mol. The summed E-state index contributed by atoms with van der Waals surface area (Å²) >= 11 is 1.30. The molecule has 1 heterocycles. The van der Waals surface area contributed by atoms with Crippen molar-refractivity contribution >= 4 is 28.6 Å². The van der Waals surface area contributed by atoms with Crippen molar-refractivity contribution < 1.29 is 23.1 Å². The number of thioether (sulfide) groups is 1. The quantitative estimate of drug-likeness (QED) is 0.871. The van der Waals surface area contributed by atoms with Crippen LogP contribution < -0.4 is 0 Å². The van der Waals surface area contributed by atoms with E-state index in [1.54, 1.807) is 0 Å². The van der Waals surface area contributed by atoms with Crippen molar-refractivity contribution in [3.8, 4) is 0 Å². The maximum Gasteiger partial charge on any atom is 0.431 e. The van der Waals surface area contributed by atoms with Gasteiger partial charge >= 0.3 is 12.1 Å². The molecule has 0 aliphatic heterocycles. The van der Waals surface area contributed by atoms with Gasteiger partial charge in [-0.15, -0.1) is 11.8 Å². The Morgan fingerprint density at radius 2 is 2.00 bits per heavy atom. The number of fused-ring (bicyclic) bond motifs is 1. The van der Waals surface area contributed by atoms with Crippen LogP contribution in [0.25, 0.3) is 10.9 Å². The molecule has 20 heavy (non-hydrogen) atoms. The topological polar surface area (TPSA) is 42.2 Å². The van der Waals surface area contributed by atoms with Gasteiger partial charge in [0.05, 0.1) is 5.56 Å². The predicted octanol–water partition coefficient (Wildman–Crippen LogP) is 4.01. The number of benzene rings is 1. The average Bonchev–Trinajstić information content (AvgIpc) is 2.66. The van der Waals surface area contributed by atoms with Gasteiger partial charge in [-0.25, -0.2) is 4.79 Å². The van der Waals surface area contributed by atoms with Gasteiger partial charge in [0, 0.05) is 22.8 Å². The Bertz CT molecular complexity index is 676. The van der Waals surface area contributed by atoms with Gasteiger partial charge in [-0.3, -0.25) is 0 Å². The highest BCUT2D eigenvalue weighted by atomic mass is 32.2. The molecule has 0 amide bonds. The molecule has 0 radical (unpaired) electrons. The maximum absolute atomic E-state index is 12.9. The number of carboxylic acids is 1. The van der Waals surface area contributed by atoms with Crippen LogP contribution in [0.2, 0.25) is 0 Å². The summed E-state index contributed by atoms with van der Waals surface area (Å²) in [7, 11) is 1.33. The lowest BCUT2D eigenvalue weighted by molar-refractivity contribution is -0.142. The molecule has 1 aromatic heterocycles. The number of carboxylic acid groups (broad SMARTS) is 1. The molecule has 0 spiro atoms. The van der Waals surface area contributed by atoms with Crippen LogP contribution in [0.4, 0.5) is 13.2 Å². The molecule has 0 atom stereocenters. The van der Waals surface area contributed by atoms with Gasteiger partial charge in [0.1, 0.15) is 5.69 Å². The van der Waals surface area contributed by atoms with Gasteiger partial charge in [-0.1, -0.05) is 6.92 Å². The minimum atomic E-state index is -4.46. The van der Waals surface area contributed by atoms with Crippen LogP contribution in [0, 0.1) is 0 Å². The van der Waals surface area contributed by atoms with Crippen LogP contribution in [0.1, 0.15) is 23.0 Å². The Kier molecular flexibility index (Phi) is 3.73. The minimum Gasteiger partial charge on any atom is -0.478 e. The molecule has 108 valence electrons. The summed E-state index contributed by atoms with van der Waals surface area (Å²) in [5.74, 6) is -0.497. The van der Waals surface area contributed by atoms with Crippen LogP contribution in [0.15, 0.2) is 23.1 Å². The first kappa shape index (κ1) is 14.8. The molecule has 0 fully saturated rings. The van der Waals surface area contributed by atoms with Crippen molar-refractivity contribution in [2.75, 3.05) is 5.75 Å². The van der Waals surface area contributed by atoms with E-state index in [0.29, 0.717) is 16.2 Å². The van der Waals surface area contributed by atoms with Crippen molar-refractivity contribution in [3.63, 3.8) is 0 Å². The molecular formula is C13H12F3NO2S. The van der Waals surface area contributed by atoms with Gasteiger partial charge in [0.15, 0.2) is 0 Å². The largest absolute Gasteiger partial charge is 0.478 e. The summed E-state index contributed by atoms with van der Waals surface area (Å²) in [5.41, 5.74) is -0.385. The zero-order valence-electron chi connectivity index (χ0n) is 10.8. The van der Waals surface area contributed by atoms with E-state index in [-0.39, 0.29) is 10.9 Å². The minimum absolute atomic E-state index is 0.0312. The fourth-order valence-corrected chi connectivity index (χ4v) is 2.89. The standard InChI is InChI=1S/C13H12F3NO2S/c1-3-20-10-6-9-7(4-8(10)12(18)19)5-11(17(9)2)13(14,15)16/h4-6H,3H2,1-2H3,(H,18,19). The summed E-state index contributed by atoms with van der Waals surface area (Å²) in [5, 5.41) is 9.42. The number of aromatic carboxylic acids is 1. The number of rotatable bonds is 3. The SMILES string of the molecule is CCSc1cc2c(cc1C(=O)O)cc(C(F)(F)F)n2C. The van der Waals surface area contributed by atoms with E-state index < -0.39 is 17.8 Å². The fraction of sp³-hybridized carbons (Fsp3) is 0.308. The average molecular weight is 303 g/mol. The molecule has 7 heteroatoms. The Hall–Kier alpha value is -1.63. The summed E-state index contributed by atoms with van der Waals surface area (Å²) in [6.07, 6.45) is -4.46. The fourth-order valence-electron chi connectivity index (χ4n) is 2.08. The third kappa shape index (κ3) is 2.49. The molecule has 1 N–H and O–H groups in total. The number of aryl methyl sites for hydroxylation is 1. The zero-order chi connectivity index (χ0) is 15.1. The van der Waals surface area contributed by atoms with E-state index in [2.05, 4.69) is 0 Å². The van der Waals surface area contributed by atoms with E-state index in [9.17, 15) is 18.0 Å². The van der Waals surface area contributed by atoms with E-state index in [1.807, 2.05) is 6.92 Å². The lowest BCUT2D eigenvalue weighted by Gasteiger charge is -2.09. The van der Waals surface area contributed by atoms with Gasteiger partial charge in [0.25, 0.3) is 0 Å². The molecule has 3 nitrogen and oxygen atoms in total. The number of alkyl halides is 3. The summed E-state index contributed by atoms with van der Waals surface area (Å²) < 4.78 is 39.6. The third-order valence-corrected chi connectivity index (χ3v) is 3.90. The molecule has 0 saturated heterocycles. The van der Waals surface area contributed by atoms with E-state index in [4.69, 9.17) is 5.11 Å². The number of carbonyl (C=O) groups is 1. The van der Waals surface area contributed by atoms with E-state index in [0.717, 1.165) is 10.6 Å². The molecule has 2 rings (SSSR count). The summed E-state index contributed by atoms with van der Waals surface area (Å²) in [6.45, 7) is 1.85. The smallest absolute Gasteiger partial charge is 0.431 e. The second-order valence-electron chi connectivity index (χ2n) is 4.23. The van der Waals surface area contributed by atoms with Crippen molar-refractivity contribution in [1.29, 1.82) is 0 Å². The molecule has 0 unspecified atom stereocenters. The van der Waals surface area contributed by atoms with Crippen molar-refractivity contribution in [3.05, 3.63) is 29.5 Å². The van der Waals surface area contributed by atoms with Crippen LogP contribution in [0.5, 0.6) is 0 Å². The highest BCUT2D eigenvalue weighted by Crippen LogP contribution is 2.36. The second kappa shape index (κ2) is 5.05. The number of nitrogens with zero attached hydrogens (tertiary/aromatic N) is 1. The molecule has 1 aromatic carbocycles. The lowest BCUT2D eigenvalue weighted by Crippen LogP contribution is -2.10. The van der Waals surface area contributed by atoms with Crippen LogP contribution >= 0.6 is 11.8 Å². The van der Waals surface area contributed by atoms with Crippen LogP contribution in [-0.4, -0.2) is 21.4 Å². The first-order chi connectivity index (χ1) is 9.25. The van der Waals surface area contributed by atoms with Crippen molar-refractivity contribution in [2.45, 2.75) is 18.0 Å². The zero-order valence-corrected chi connectivity index (χ0v) is 11.6. The van der Waals surface area contributed by atoms with Crippen molar-refractivity contribution in [2.24, 2.45) is 7.05 Å². The monoisotopic (exact) mass is 303 g/mol. The first-order valence-corrected chi connectivity index (χ1v) is 6.81. The Morgan fingerprint density at radius 3 is 2.50 bits per heavy atom. The summed E-state index contributed by atoms with van der Waals surface area (Å²) in [4.78, 5) is 11.7. The molecule has 0 bridgehead atoms. The van der Waals surface area contributed by atoms with Gasteiger partial charge < -0.3 is 9.67 Å². The molecule has 2 aromatic rings. The second-order valence-corrected chi connectivity index (χ2v) is 5.54. The Morgan fingerprint density at radius 1 is 1.35 bits per heavy atom. The van der Waals surface area contributed by atoms with E-state index >= 15 is 0 Å². The van der Waals surface area contributed by atoms with Crippen LogP contribution in [-0.2, 0) is 13.2 Å². The normalized spacial score (nSPS) is 12.1. The Balaban J connectivity index is 2.73. The third-order valence-electron chi connectivity index (χ3n) is 2.96. The molecule has 0 saturated carbocycles. The van der Waals surface area contributed by atoms with E-state index in [1.165, 1.54) is 30.9 Å².